The summed E-state index contributed by atoms with van der Waals surface area (Å²) in [5.74, 6) is -0.869. The van der Waals surface area contributed by atoms with Crippen molar-refractivity contribution in [3.8, 4) is 0 Å². The minimum absolute atomic E-state index is 0.198. The highest BCUT2D eigenvalue weighted by Crippen LogP contribution is 2.17. The first kappa shape index (κ1) is 14.6. The number of hydrogen-bond donors (Lipinski definition) is 1. The van der Waals surface area contributed by atoms with Crippen molar-refractivity contribution in [3.05, 3.63) is 52.1 Å². The lowest BCUT2D eigenvalue weighted by atomic mass is 10.2. The molecule has 1 amide bonds. The first-order valence-electron chi connectivity index (χ1n) is 6.14. The van der Waals surface area contributed by atoms with Crippen LogP contribution in [0.3, 0.4) is 0 Å². The predicted molar refractivity (Wildman–Crippen MR) is 73.4 cm³/mol. The molecule has 1 aromatic heterocycles. The highest BCUT2D eigenvalue weighted by Gasteiger charge is 2.19. The van der Waals surface area contributed by atoms with Crippen LogP contribution in [0.1, 0.15) is 18.5 Å². The van der Waals surface area contributed by atoms with Crippen molar-refractivity contribution >= 4 is 17.3 Å². The van der Waals surface area contributed by atoms with Crippen molar-refractivity contribution in [2.45, 2.75) is 19.9 Å². The van der Waals surface area contributed by atoms with Gasteiger partial charge in [-0.2, -0.15) is 5.10 Å². The van der Waals surface area contributed by atoms with E-state index >= 15 is 0 Å². The van der Waals surface area contributed by atoms with E-state index in [2.05, 4.69) is 10.4 Å². The fourth-order valence-corrected chi connectivity index (χ4v) is 1.67. The Kier molecular flexibility index (Phi) is 3.97. The number of aromatic nitrogens is 2. The summed E-state index contributed by atoms with van der Waals surface area (Å²) in [4.78, 5) is 22.0. The number of carbonyl (C=O) groups excluding carboxylic acids is 1. The summed E-state index contributed by atoms with van der Waals surface area (Å²) < 4.78 is 14.6. The molecule has 0 saturated carbocycles. The third kappa shape index (κ3) is 3.22. The van der Waals surface area contributed by atoms with E-state index in [9.17, 15) is 19.3 Å². The van der Waals surface area contributed by atoms with E-state index in [4.69, 9.17) is 0 Å². The zero-order valence-electron chi connectivity index (χ0n) is 11.4. The molecule has 0 aliphatic heterocycles. The van der Waals surface area contributed by atoms with Crippen molar-refractivity contribution in [1.29, 1.82) is 0 Å². The molecule has 0 aliphatic carbocycles. The largest absolute Gasteiger partial charge is 0.324 e. The van der Waals surface area contributed by atoms with Gasteiger partial charge < -0.3 is 5.32 Å². The molecule has 0 saturated heterocycles. The second-order valence-corrected chi connectivity index (χ2v) is 4.56. The highest BCUT2D eigenvalue weighted by molar-refractivity contribution is 5.93. The zero-order chi connectivity index (χ0) is 15.6. The molecule has 21 heavy (non-hydrogen) atoms. The fraction of sp³-hybridized carbons (Fsp3) is 0.231. The van der Waals surface area contributed by atoms with E-state index in [1.165, 1.54) is 23.9 Å². The minimum atomic E-state index is -0.761. The van der Waals surface area contributed by atoms with E-state index in [1.54, 1.807) is 19.1 Å². The zero-order valence-corrected chi connectivity index (χ0v) is 11.4. The molecule has 0 aliphatic rings. The molecule has 1 aromatic carbocycles. The Morgan fingerprint density at radius 1 is 1.52 bits per heavy atom. The number of nitrogens with one attached hydrogen (secondary N) is 1. The second kappa shape index (κ2) is 5.70. The second-order valence-electron chi connectivity index (χ2n) is 4.56. The van der Waals surface area contributed by atoms with Crippen LogP contribution in [0.25, 0.3) is 0 Å². The number of benzene rings is 1. The van der Waals surface area contributed by atoms with Gasteiger partial charge in [-0.05, 0) is 31.5 Å². The van der Waals surface area contributed by atoms with E-state index in [-0.39, 0.29) is 5.69 Å². The lowest BCUT2D eigenvalue weighted by molar-refractivity contribution is -0.385. The van der Waals surface area contributed by atoms with Crippen LogP contribution in [0.15, 0.2) is 30.6 Å². The van der Waals surface area contributed by atoms with Gasteiger partial charge in [0.05, 0.1) is 4.92 Å². The molecule has 0 fully saturated rings. The maximum atomic E-state index is 13.4. The van der Waals surface area contributed by atoms with Gasteiger partial charge in [-0.1, -0.05) is 6.07 Å². The number of rotatable bonds is 4. The molecule has 2 aromatic rings. The van der Waals surface area contributed by atoms with Crippen LogP contribution in [0.5, 0.6) is 0 Å². The molecular formula is C13H13FN4O3. The summed E-state index contributed by atoms with van der Waals surface area (Å²) in [6.45, 7) is 3.16. The van der Waals surface area contributed by atoms with Gasteiger partial charge in [-0.3, -0.25) is 19.6 Å². The maximum Gasteiger partial charge on any atom is 0.307 e. The minimum Gasteiger partial charge on any atom is -0.324 e. The molecular weight excluding hydrogens is 279 g/mol. The van der Waals surface area contributed by atoms with Crippen LogP contribution in [0.2, 0.25) is 0 Å². The molecule has 1 atom stereocenters. The average molecular weight is 292 g/mol. The first-order valence-corrected chi connectivity index (χ1v) is 6.14. The number of halogens is 1. The van der Waals surface area contributed by atoms with Crippen LogP contribution in [-0.2, 0) is 4.79 Å². The standard InChI is InChI=1S/C13H13FN4O3/c1-8-3-4-10(5-12(8)14)16-13(19)9(2)17-7-11(6-15-17)18(20)21/h3-7,9H,1-2H3,(H,16,19)/t9-/m1/s1. The Morgan fingerprint density at radius 3 is 2.81 bits per heavy atom. The molecule has 8 heteroatoms. The molecule has 2 rings (SSSR count). The monoisotopic (exact) mass is 292 g/mol. The number of carbonyl (C=O) groups is 1. The topological polar surface area (TPSA) is 90.1 Å². The normalized spacial score (nSPS) is 12.0. The van der Waals surface area contributed by atoms with Crippen LogP contribution in [-0.4, -0.2) is 20.6 Å². The number of nitro groups is 1. The van der Waals surface area contributed by atoms with Crippen molar-refractivity contribution in [1.82, 2.24) is 9.78 Å². The van der Waals surface area contributed by atoms with Crippen LogP contribution in [0, 0.1) is 22.9 Å². The van der Waals surface area contributed by atoms with Gasteiger partial charge in [0.2, 0.25) is 5.91 Å². The Morgan fingerprint density at radius 2 is 2.24 bits per heavy atom. The van der Waals surface area contributed by atoms with Gasteiger partial charge in [-0.15, -0.1) is 0 Å². The highest BCUT2D eigenvalue weighted by atomic mass is 19.1. The van der Waals surface area contributed by atoms with Gasteiger partial charge in [0.15, 0.2) is 0 Å². The Labute approximate surface area is 119 Å². The van der Waals surface area contributed by atoms with Crippen molar-refractivity contribution in [3.63, 3.8) is 0 Å². The molecule has 0 spiro atoms. The molecule has 110 valence electrons. The molecule has 1 heterocycles. The number of hydrogen-bond acceptors (Lipinski definition) is 4. The summed E-state index contributed by atoms with van der Waals surface area (Å²) in [6, 6.07) is 3.58. The van der Waals surface area contributed by atoms with Crippen LogP contribution < -0.4 is 5.32 Å². The van der Waals surface area contributed by atoms with Gasteiger partial charge >= 0.3 is 5.69 Å². The smallest absolute Gasteiger partial charge is 0.307 e. The van der Waals surface area contributed by atoms with Gasteiger partial charge in [-0.25, -0.2) is 4.39 Å². The quantitative estimate of drug-likeness (QED) is 0.692. The van der Waals surface area contributed by atoms with E-state index in [1.807, 2.05) is 0 Å². The van der Waals surface area contributed by atoms with E-state index < -0.39 is 22.7 Å². The number of aryl methyl sites for hydroxylation is 1. The van der Waals surface area contributed by atoms with Gasteiger partial charge in [0.25, 0.3) is 0 Å². The van der Waals surface area contributed by atoms with Crippen LogP contribution in [0.4, 0.5) is 15.8 Å². The summed E-state index contributed by atoms with van der Waals surface area (Å²) in [7, 11) is 0. The summed E-state index contributed by atoms with van der Waals surface area (Å²) >= 11 is 0. The molecule has 1 N–H and O–H groups in total. The number of amides is 1. The first-order chi connectivity index (χ1) is 9.88. The molecule has 7 nitrogen and oxygen atoms in total. The SMILES string of the molecule is Cc1ccc(NC(=O)[C@@H](C)n2cc([N+](=O)[O-])cn2)cc1F. The number of anilines is 1. The van der Waals surface area contributed by atoms with Gasteiger partial charge in [0.1, 0.15) is 24.3 Å². The summed E-state index contributed by atoms with van der Waals surface area (Å²) in [5.41, 5.74) is 0.594. The molecule has 0 radical (unpaired) electrons. The third-order valence-electron chi connectivity index (χ3n) is 3.01. The number of nitrogens with zero attached hydrogens (tertiary/aromatic N) is 3. The lowest BCUT2D eigenvalue weighted by Gasteiger charge is -2.12. The Balaban J connectivity index is 2.11. The third-order valence-corrected chi connectivity index (χ3v) is 3.01. The predicted octanol–water partition coefficient (Wildman–Crippen LogP) is 2.44. The van der Waals surface area contributed by atoms with Crippen LogP contribution >= 0.6 is 0 Å². The molecule has 0 bridgehead atoms. The maximum absolute atomic E-state index is 13.4. The summed E-state index contributed by atoms with van der Waals surface area (Å²) in [5, 5.41) is 16.9. The molecule has 0 unspecified atom stereocenters. The van der Waals surface area contributed by atoms with Crippen molar-refractivity contribution in [2.75, 3.05) is 5.32 Å². The van der Waals surface area contributed by atoms with Crippen molar-refractivity contribution in [2.24, 2.45) is 0 Å². The summed E-state index contributed by atoms with van der Waals surface area (Å²) in [6.07, 6.45) is 2.23. The van der Waals surface area contributed by atoms with Gasteiger partial charge in [0, 0.05) is 5.69 Å². The fourth-order valence-electron chi connectivity index (χ4n) is 1.67. The lowest BCUT2D eigenvalue weighted by Crippen LogP contribution is -2.24. The average Bonchev–Trinajstić information content (AvgIpc) is 2.92. The van der Waals surface area contributed by atoms with Crippen molar-refractivity contribution < 1.29 is 14.1 Å². The van der Waals surface area contributed by atoms with E-state index in [0.717, 1.165) is 6.20 Å². The Hall–Kier alpha value is -2.77. The Bertz CT molecular complexity index is 698. The van der Waals surface area contributed by atoms with E-state index in [0.29, 0.717) is 11.3 Å².